The van der Waals surface area contributed by atoms with Gasteiger partial charge >= 0.3 is 5.97 Å². The lowest BCUT2D eigenvalue weighted by atomic mass is 9.60. The number of allylic oxidation sites excluding steroid dienone is 3. The molecule has 9 atom stereocenters. The van der Waals surface area contributed by atoms with Crippen molar-refractivity contribution in [1.29, 1.82) is 0 Å². The molecule has 4 fully saturated rings. The molecule has 0 bridgehead atoms. The van der Waals surface area contributed by atoms with Crippen LogP contribution in [-0.2, 0) is 14.3 Å². The number of aliphatic hydroxyl groups excluding tert-OH is 3. The SMILES string of the molecule is C=C1/C(=C\C=C2/CCC[C@]3(C)[C@@H]([C@H](C)C[C@@H]4OC(=O)C(=C)[C@H]4c4ccccc4)CC[C@@H]23)C[C@@H](O)[C@H](OCCCO)[C@@H]1O. The monoisotopic (exact) mass is 576 g/mol. The minimum absolute atomic E-state index is 0.0102. The van der Waals surface area contributed by atoms with Gasteiger partial charge in [-0.25, -0.2) is 4.79 Å². The minimum atomic E-state index is -0.967. The van der Waals surface area contributed by atoms with Gasteiger partial charge in [-0.05, 0) is 84.8 Å². The number of fused-ring (bicyclic) bond motifs is 1. The van der Waals surface area contributed by atoms with Gasteiger partial charge in [-0.1, -0.05) is 75.1 Å². The summed E-state index contributed by atoms with van der Waals surface area (Å²) in [5, 5.41) is 30.5. The summed E-state index contributed by atoms with van der Waals surface area (Å²) in [4.78, 5) is 12.6. The average Bonchev–Trinajstić information content (AvgIpc) is 3.47. The standard InChI is InChI=1S/C36H48O6/c1-22(20-31-32(24(3)35(40)42-31)26-10-6-5-7-11-26)28-15-16-29-25(12-8-17-36(28,29)4)13-14-27-21-30(38)34(33(39)23(27)2)41-19-9-18-37/h5-7,10-11,13-14,22,28-34,37-39H,2-3,8-9,12,15-21H2,1,4H3/b25-13+,27-14-/t22-,28-,29+,30-,31+,32+,33-,34+,36-/m1/s1. The quantitative estimate of drug-likeness (QED) is 0.196. The number of carbonyl (C=O) groups excluding carboxylic acids is 1. The molecule has 6 heteroatoms. The number of aliphatic hydroxyl groups is 3. The van der Waals surface area contributed by atoms with E-state index in [1.54, 1.807) is 0 Å². The first-order chi connectivity index (χ1) is 20.2. The molecule has 1 aromatic rings. The smallest absolute Gasteiger partial charge is 0.334 e. The van der Waals surface area contributed by atoms with Crippen LogP contribution in [0.2, 0.25) is 0 Å². The lowest BCUT2D eigenvalue weighted by Gasteiger charge is -2.45. The molecule has 3 N–H and O–H groups in total. The predicted molar refractivity (Wildman–Crippen MR) is 164 cm³/mol. The highest BCUT2D eigenvalue weighted by Gasteiger charge is 2.52. The van der Waals surface area contributed by atoms with Gasteiger partial charge in [0.15, 0.2) is 0 Å². The Morgan fingerprint density at radius 1 is 1.14 bits per heavy atom. The number of benzene rings is 1. The Balaban J connectivity index is 1.28. The van der Waals surface area contributed by atoms with E-state index in [4.69, 9.17) is 14.6 Å². The van der Waals surface area contributed by atoms with Crippen LogP contribution in [0.4, 0.5) is 0 Å². The van der Waals surface area contributed by atoms with Crippen molar-refractivity contribution in [3.05, 3.63) is 83.5 Å². The van der Waals surface area contributed by atoms with Crippen molar-refractivity contribution in [3.8, 4) is 0 Å². The van der Waals surface area contributed by atoms with Crippen molar-refractivity contribution in [2.45, 2.75) is 95.5 Å². The van der Waals surface area contributed by atoms with Gasteiger partial charge < -0.3 is 24.8 Å². The van der Waals surface area contributed by atoms with Crippen LogP contribution < -0.4 is 0 Å². The highest BCUT2D eigenvalue weighted by Crippen LogP contribution is 2.60. The third-order valence-electron chi connectivity index (χ3n) is 10.8. The van der Waals surface area contributed by atoms with Crippen LogP contribution in [0.15, 0.2) is 77.9 Å². The zero-order valence-electron chi connectivity index (χ0n) is 25.2. The number of hydrogen-bond donors (Lipinski definition) is 3. The predicted octanol–water partition coefficient (Wildman–Crippen LogP) is 5.80. The molecule has 1 saturated heterocycles. The first-order valence-electron chi connectivity index (χ1n) is 15.8. The van der Waals surface area contributed by atoms with Crippen LogP contribution in [0.3, 0.4) is 0 Å². The topological polar surface area (TPSA) is 96.2 Å². The van der Waals surface area contributed by atoms with Crippen molar-refractivity contribution in [2.75, 3.05) is 13.2 Å². The fraction of sp³-hybridized carbons (Fsp3) is 0.583. The van der Waals surface area contributed by atoms with Gasteiger partial charge in [0.1, 0.15) is 18.3 Å². The maximum Gasteiger partial charge on any atom is 0.334 e. The highest BCUT2D eigenvalue weighted by molar-refractivity contribution is 5.92. The van der Waals surface area contributed by atoms with E-state index in [2.05, 4.69) is 51.3 Å². The van der Waals surface area contributed by atoms with Crippen molar-refractivity contribution >= 4 is 5.97 Å². The minimum Gasteiger partial charge on any atom is -0.458 e. The molecule has 6 nitrogen and oxygen atoms in total. The third kappa shape index (κ3) is 5.96. The number of esters is 1. The summed E-state index contributed by atoms with van der Waals surface area (Å²) < 4.78 is 11.6. The molecule has 228 valence electrons. The fourth-order valence-electron chi connectivity index (χ4n) is 8.58. The molecule has 0 unspecified atom stereocenters. The van der Waals surface area contributed by atoms with Crippen molar-refractivity contribution in [1.82, 2.24) is 0 Å². The van der Waals surface area contributed by atoms with E-state index < -0.39 is 18.3 Å². The molecule has 1 aliphatic heterocycles. The van der Waals surface area contributed by atoms with E-state index in [1.807, 2.05) is 18.2 Å². The highest BCUT2D eigenvalue weighted by atomic mass is 16.6. The first kappa shape index (κ1) is 30.9. The summed E-state index contributed by atoms with van der Waals surface area (Å²) in [6.45, 7) is 13.3. The molecular weight excluding hydrogens is 528 g/mol. The largest absolute Gasteiger partial charge is 0.458 e. The Bertz CT molecular complexity index is 1220. The van der Waals surface area contributed by atoms with E-state index in [-0.39, 0.29) is 36.6 Å². The molecule has 42 heavy (non-hydrogen) atoms. The lowest BCUT2D eigenvalue weighted by molar-refractivity contribution is -0.139. The Labute approximate surface area is 250 Å². The van der Waals surface area contributed by atoms with Crippen LogP contribution in [0.5, 0.6) is 0 Å². The Morgan fingerprint density at radius 2 is 1.90 bits per heavy atom. The molecule has 0 amide bonds. The van der Waals surface area contributed by atoms with Crippen molar-refractivity contribution in [2.24, 2.45) is 23.2 Å². The average molecular weight is 577 g/mol. The van der Waals surface area contributed by atoms with E-state index in [0.717, 1.165) is 43.2 Å². The molecule has 4 aliphatic rings. The number of hydrogen-bond acceptors (Lipinski definition) is 6. The van der Waals surface area contributed by atoms with E-state index in [1.165, 1.54) is 12.0 Å². The zero-order valence-corrected chi connectivity index (χ0v) is 25.2. The molecule has 3 aliphatic carbocycles. The lowest BCUT2D eigenvalue weighted by Crippen LogP contribution is -2.45. The molecule has 5 rings (SSSR count). The second-order valence-electron chi connectivity index (χ2n) is 13.3. The number of rotatable bonds is 9. The van der Waals surface area contributed by atoms with Gasteiger partial charge in [0.05, 0.1) is 12.0 Å². The summed E-state index contributed by atoms with van der Waals surface area (Å²) in [5.41, 5.74) is 4.76. The van der Waals surface area contributed by atoms with E-state index in [0.29, 0.717) is 41.7 Å². The maximum atomic E-state index is 12.6. The number of carbonyl (C=O) groups is 1. The summed E-state index contributed by atoms with van der Waals surface area (Å²) in [6.07, 6.45) is 8.99. The Kier molecular flexibility index (Phi) is 9.58. The maximum absolute atomic E-state index is 12.6. The molecule has 3 saturated carbocycles. The third-order valence-corrected chi connectivity index (χ3v) is 10.8. The molecule has 0 aromatic heterocycles. The van der Waals surface area contributed by atoms with Gasteiger partial charge in [0.25, 0.3) is 0 Å². The summed E-state index contributed by atoms with van der Waals surface area (Å²) in [7, 11) is 0. The van der Waals surface area contributed by atoms with Crippen LogP contribution in [-0.4, -0.2) is 58.9 Å². The van der Waals surface area contributed by atoms with Crippen molar-refractivity contribution in [3.63, 3.8) is 0 Å². The van der Waals surface area contributed by atoms with E-state index >= 15 is 0 Å². The zero-order chi connectivity index (χ0) is 30.0. The summed E-state index contributed by atoms with van der Waals surface area (Å²) in [5.74, 6) is 1.07. The molecule has 0 spiro atoms. The van der Waals surface area contributed by atoms with E-state index in [9.17, 15) is 15.0 Å². The van der Waals surface area contributed by atoms with Crippen LogP contribution in [0.25, 0.3) is 0 Å². The van der Waals surface area contributed by atoms with Gasteiger partial charge in [0.2, 0.25) is 0 Å². The number of ether oxygens (including phenoxy) is 2. The molecular formula is C36H48O6. The number of cyclic esters (lactones) is 1. The van der Waals surface area contributed by atoms with Gasteiger partial charge in [-0.2, -0.15) is 0 Å². The summed E-state index contributed by atoms with van der Waals surface area (Å²) in [6, 6.07) is 10.1. The normalized spacial score (nSPS) is 37.7. The van der Waals surface area contributed by atoms with Gasteiger partial charge in [0, 0.05) is 25.2 Å². The Hall–Kier alpha value is -2.51. The molecule has 1 heterocycles. The van der Waals surface area contributed by atoms with Crippen LogP contribution in [0.1, 0.15) is 76.7 Å². The second-order valence-corrected chi connectivity index (χ2v) is 13.3. The van der Waals surface area contributed by atoms with Gasteiger partial charge in [-0.15, -0.1) is 0 Å². The van der Waals surface area contributed by atoms with Crippen LogP contribution in [0, 0.1) is 23.2 Å². The Morgan fingerprint density at radius 3 is 2.64 bits per heavy atom. The van der Waals surface area contributed by atoms with Gasteiger partial charge in [-0.3, -0.25) is 0 Å². The first-order valence-corrected chi connectivity index (χ1v) is 15.8. The molecule has 1 aromatic carbocycles. The van der Waals surface area contributed by atoms with Crippen LogP contribution >= 0.6 is 0 Å². The van der Waals surface area contributed by atoms with Crippen molar-refractivity contribution < 1.29 is 29.6 Å². The summed E-state index contributed by atoms with van der Waals surface area (Å²) >= 11 is 0. The molecule has 0 radical (unpaired) electrons. The second kappa shape index (κ2) is 13.0. The fourth-order valence-corrected chi connectivity index (χ4v) is 8.58.